The van der Waals surface area contributed by atoms with E-state index in [9.17, 15) is 0 Å². The van der Waals surface area contributed by atoms with Crippen LogP contribution in [0.2, 0.25) is 0 Å². The van der Waals surface area contributed by atoms with Gasteiger partial charge in [0.2, 0.25) is 0 Å². The fraction of sp³-hybridized carbons (Fsp3) is 0.333. The van der Waals surface area contributed by atoms with Crippen molar-refractivity contribution < 1.29 is 0 Å². The largest absolute Gasteiger partial charge is 0.332 e. The molecule has 0 N–H and O–H groups in total. The van der Waals surface area contributed by atoms with Gasteiger partial charge in [-0.25, -0.2) is 0 Å². The minimum atomic E-state index is 0.370. The Bertz CT molecular complexity index is 65.0. The number of rotatable bonds is 0. The maximum absolute atomic E-state index is 4.06. The van der Waals surface area contributed by atoms with Gasteiger partial charge in [0.15, 0.2) is 0 Å². The van der Waals surface area contributed by atoms with Crippen LogP contribution in [0.1, 0.15) is 0 Å². The van der Waals surface area contributed by atoms with Gasteiger partial charge in [-0.2, -0.15) is 0 Å². The summed E-state index contributed by atoms with van der Waals surface area (Å²) in [5, 5.41) is 0. The molecule has 0 radical (unpaired) electrons. The second-order valence-corrected chi connectivity index (χ2v) is 1.99. The van der Waals surface area contributed by atoms with Crippen LogP contribution in [0.3, 0.4) is 0 Å². The van der Waals surface area contributed by atoms with Gasteiger partial charge in [0.1, 0.15) is 9.31 Å². The van der Waals surface area contributed by atoms with Crippen LogP contribution in [-0.2, 0) is 0 Å². The molecule has 1 aliphatic heterocycles. The Morgan fingerprint density at radius 3 is 3.00 bits per heavy atom. The van der Waals surface area contributed by atoms with E-state index < -0.39 is 0 Å². The highest BCUT2D eigenvalue weighted by atomic mass is 28.2. The summed E-state index contributed by atoms with van der Waals surface area (Å²) in [5.74, 6) is 0. The highest BCUT2D eigenvalue weighted by Gasteiger charge is 1.73. The molecule has 0 fully saturated rings. The molecule has 1 nitrogen and oxygen atoms in total. The molecule has 0 spiro atoms. The first-order valence-corrected chi connectivity index (χ1v) is 2.83. The van der Waals surface area contributed by atoms with Crippen LogP contribution < -0.4 is 0 Å². The number of hydrogen-bond acceptors (Lipinski definition) is 1. The summed E-state index contributed by atoms with van der Waals surface area (Å²) in [4.78, 5) is 0. The van der Waals surface area contributed by atoms with Crippen molar-refractivity contribution in [2.24, 2.45) is 4.63 Å². The highest BCUT2D eigenvalue weighted by Crippen LogP contribution is 1.77. The quantitative estimate of drug-likeness (QED) is 0.369. The molecule has 1 aliphatic rings. The van der Waals surface area contributed by atoms with Crippen molar-refractivity contribution in [3.8, 4) is 0 Å². The van der Waals surface area contributed by atoms with Gasteiger partial charge in [0, 0.05) is 6.54 Å². The van der Waals surface area contributed by atoms with Gasteiger partial charge >= 0.3 is 0 Å². The van der Waals surface area contributed by atoms with E-state index in [4.69, 9.17) is 0 Å². The van der Waals surface area contributed by atoms with Crippen LogP contribution in [0, 0.1) is 0 Å². The van der Waals surface area contributed by atoms with Gasteiger partial charge in [-0.15, -0.1) is 0 Å². The van der Waals surface area contributed by atoms with Gasteiger partial charge in [0.05, 0.1) is 0 Å². The highest BCUT2D eigenvalue weighted by molar-refractivity contribution is 6.30. The van der Waals surface area contributed by atoms with Crippen LogP contribution in [0.5, 0.6) is 0 Å². The molecule has 0 saturated heterocycles. The minimum Gasteiger partial charge on any atom is -0.332 e. The van der Waals surface area contributed by atoms with Gasteiger partial charge in [-0.3, -0.25) is 0 Å². The van der Waals surface area contributed by atoms with Crippen LogP contribution in [-0.4, -0.2) is 15.9 Å². The molecule has 1 heterocycles. The van der Waals surface area contributed by atoms with E-state index in [2.05, 4.69) is 16.4 Å². The molecule has 0 amide bonds. The number of hydrogen-bond donors (Lipinski definition) is 0. The number of nitrogens with zero attached hydrogens (tertiary/aromatic N) is 1. The Kier molecular flexibility index (Phi) is 0.749. The lowest BCUT2D eigenvalue weighted by Gasteiger charge is -1.61. The Labute approximate surface area is 33.3 Å². The van der Waals surface area contributed by atoms with Crippen molar-refractivity contribution in [1.82, 2.24) is 0 Å². The van der Waals surface area contributed by atoms with E-state index in [0.717, 1.165) is 6.54 Å². The van der Waals surface area contributed by atoms with Crippen molar-refractivity contribution in [2.45, 2.75) is 0 Å². The van der Waals surface area contributed by atoms with Crippen LogP contribution >= 0.6 is 0 Å². The summed E-state index contributed by atoms with van der Waals surface area (Å²) < 4.78 is 4.06. The van der Waals surface area contributed by atoms with Gasteiger partial charge in [-0.1, -0.05) is 11.8 Å². The average Bonchev–Trinajstić information content (AvgIpc) is 1.76. The summed E-state index contributed by atoms with van der Waals surface area (Å²) in [6, 6.07) is 0. The van der Waals surface area contributed by atoms with Crippen LogP contribution in [0.25, 0.3) is 0 Å². The van der Waals surface area contributed by atoms with Gasteiger partial charge in [0.25, 0.3) is 0 Å². The van der Waals surface area contributed by atoms with Crippen molar-refractivity contribution in [3.63, 3.8) is 0 Å². The summed E-state index contributed by atoms with van der Waals surface area (Å²) in [5.41, 5.74) is 2.15. The Hall–Kier alpha value is -0.243. The van der Waals surface area contributed by atoms with E-state index in [1.807, 2.05) is 0 Å². The van der Waals surface area contributed by atoms with Gasteiger partial charge in [-0.05, 0) is 0 Å². The fourth-order valence-electron chi connectivity index (χ4n) is 0.304. The summed E-state index contributed by atoms with van der Waals surface area (Å²) >= 11 is 0. The molecule has 0 aromatic heterocycles. The topological polar surface area (TPSA) is 12.4 Å². The average molecular weight is 83.2 g/mol. The molecular weight excluding hydrogens is 78.1 g/mol. The zero-order valence-electron chi connectivity index (χ0n) is 2.89. The maximum atomic E-state index is 4.06. The zero-order valence-corrected chi connectivity index (χ0v) is 4.04. The molecule has 0 saturated carbocycles. The molecule has 0 aromatic carbocycles. The van der Waals surface area contributed by atoms with Crippen molar-refractivity contribution in [3.05, 3.63) is 11.8 Å². The Morgan fingerprint density at radius 1 is 1.80 bits per heavy atom. The first-order valence-electron chi connectivity index (χ1n) is 1.65. The lowest BCUT2D eigenvalue weighted by molar-refractivity contribution is 1.30. The molecule has 0 atom stereocenters. The third-order valence-corrected chi connectivity index (χ3v) is 1.40. The molecule has 0 bridgehead atoms. The third kappa shape index (κ3) is 0.512. The molecule has 2 heteroatoms. The summed E-state index contributed by atoms with van der Waals surface area (Å²) in [7, 11) is 0.370. The summed E-state index contributed by atoms with van der Waals surface area (Å²) in [6.45, 7) is 0.981. The normalized spacial score (nSPS) is 17.6. The molecular formula is C3H5NSi. The molecule has 1 rings (SSSR count). The van der Waals surface area contributed by atoms with E-state index in [1.54, 1.807) is 0 Å². The van der Waals surface area contributed by atoms with Crippen LogP contribution in [0.4, 0.5) is 0 Å². The lowest BCUT2D eigenvalue weighted by atomic mass is 10.7. The monoisotopic (exact) mass is 83.0 g/mol. The SMILES string of the molecule is C1=C[SiH]=NC1. The molecule has 0 aromatic rings. The van der Waals surface area contributed by atoms with Crippen molar-refractivity contribution in [2.75, 3.05) is 6.54 Å². The first-order chi connectivity index (χ1) is 2.50. The molecule has 0 unspecified atom stereocenters. The minimum absolute atomic E-state index is 0.370. The Balaban J connectivity index is 2.61. The van der Waals surface area contributed by atoms with Crippen molar-refractivity contribution in [1.29, 1.82) is 0 Å². The predicted octanol–water partition coefficient (Wildman–Crippen LogP) is 0.134. The van der Waals surface area contributed by atoms with Gasteiger partial charge < -0.3 is 4.63 Å². The zero-order chi connectivity index (χ0) is 3.54. The molecule has 0 aliphatic carbocycles. The maximum Gasteiger partial charge on any atom is 0.132 e. The second-order valence-electron chi connectivity index (χ2n) is 0.942. The predicted molar refractivity (Wildman–Crippen MR) is 23.6 cm³/mol. The van der Waals surface area contributed by atoms with E-state index in [0.29, 0.717) is 9.31 Å². The standard InChI is InChI=1S/C3H5NSi/c1-2-4-5-3-1/h1,3,5H,2H2. The van der Waals surface area contributed by atoms with E-state index in [1.165, 1.54) is 0 Å². The van der Waals surface area contributed by atoms with Crippen LogP contribution in [0.15, 0.2) is 16.4 Å². The van der Waals surface area contributed by atoms with E-state index >= 15 is 0 Å². The smallest absolute Gasteiger partial charge is 0.132 e. The molecule has 26 valence electrons. The molecule has 5 heavy (non-hydrogen) atoms. The summed E-state index contributed by atoms with van der Waals surface area (Å²) in [6.07, 6.45) is 2.11. The first kappa shape index (κ1) is 2.97. The Morgan fingerprint density at radius 2 is 2.80 bits per heavy atom. The third-order valence-electron chi connectivity index (χ3n) is 0.538. The van der Waals surface area contributed by atoms with E-state index in [-0.39, 0.29) is 0 Å². The second kappa shape index (κ2) is 1.26. The van der Waals surface area contributed by atoms with Crippen molar-refractivity contribution >= 4 is 9.31 Å². The fourth-order valence-corrected chi connectivity index (χ4v) is 0.913. The lowest BCUT2D eigenvalue weighted by Crippen LogP contribution is -1.56.